The Labute approximate surface area is 149 Å². The lowest BCUT2D eigenvalue weighted by atomic mass is 10.1. The molecule has 0 bridgehead atoms. The number of para-hydroxylation sites is 2. The second-order valence-corrected chi connectivity index (χ2v) is 5.48. The molecule has 7 heteroatoms. The molecule has 0 N–H and O–H groups in total. The van der Waals surface area contributed by atoms with Gasteiger partial charge in [-0.25, -0.2) is 9.78 Å². The maximum absolute atomic E-state index is 12.9. The summed E-state index contributed by atoms with van der Waals surface area (Å²) in [5.41, 5.74) is 0.944. The van der Waals surface area contributed by atoms with Crippen molar-refractivity contribution >= 4 is 22.8 Å². The van der Waals surface area contributed by atoms with Crippen LogP contribution in [0.15, 0.2) is 54.6 Å². The highest BCUT2D eigenvalue weighted by atomic mass is 16.6. The van der Waals surface area contributed by atoms with Gasteiger partial charge < -0.3 is 14.7 Å². The third kappa shape index (κ3) is 3.52. The van der Waals surface area contributed by atoms with Crippen LogP contribution < -0.4 is 4.73 Å². The maximum Gasteiger partial charge on any atom is 0.332 e. The fraction of sp³-hybridized carbons (Fsp3) is 0.158. The fourth-order valence-electron chi connectivity index (χ4n) is 2.52. The highest BCUT2D eigenvalue weighted by Gasteiger charge is 2.27. The molecule has 0 atom stereocenters. The number of ether oxygens (including phenoxy) is 2. The Balaban J connectivity index is 2.08. The van der Waals surface area contributed by atoms with E-state index in [0.29, 0.717) is 15.8 Å². The fourth-order valence-corrected chi connectivity index (χ4v) is 2.52. The molecule has 0 saturated carbocycles. The van der Waals surface area contributed by atoms with E-state index >= 15 is 0 Å². The number of hydrogen-bond acceptors (Lipinski definition) is 6. The molecular formula is C19H16N2O5. The van der Waals surface area contributed by atoms with Crippen LogP contribution in [0.5, 0.6) is 0 Å². The number of esters is 1. The molecule has 0 aliphatic heterocycles. The van der Waals surface area contributed by atoms with E-state index in [0.717, 1.165) is 0 Å². The van der Waals surface area contributed by atoms with Gasteiger partial charge in [0.2, 0.25) is 5.52 Å². The number of nitrogens with zero attached hydrogens (tertiary/aromatic N) is 2. The monoisotopic (exact) mass is 352 g/mol. The van der Waals surface area contributed by atoms with Gasteiger partial charge in [0.15, 0.2) is 5.69 Å². The summed E-state index contributed by atoms with van der Waals surface area (Å²) in [5, 5.41) is 12.8. The lowest BCUT2D eigenvalue weighted by Crippen LogP contribution is -2.38. The molecule has 1 aromatic heterocycles. The summed E-state index contributed by atoms with van der Waals surface area (Å²) in [6.07, 6.45) is 0. The lowest BCUT2D eigenvalue weighted by Gasteiger charge is -2.11. The Bertz CT molecular complexity index is 957. The number of benzene rings is 2. The Morgan fingerprint density at radius 2 is 1.77 bits per heavy atom. The second-order valence-electron chi connectivity index (χ2n) is 5.48. The average molecular weight is 352 g/mol. The quantitative estimate of drug-likeness (QED) is 0.291. The molecule has 0 amide bonds. The molecule has 3 rings (SSSR count). The van der Waals surface area contributed by atoms with Crippen molar-refractivity contribution in [1.82, 2.24) is 4.98 Å². The number of methoxy groups -OCH3 is 1. The molecule has 26 heavy (non-hydrogen) atoms. The minimum atomic E-state index is -0.613. The number of fused-ring (bicyclic) bond motifs is 1. The predicted octanol–water partition coefficient (Wildman–Crippen LogP) is 1.79. The van der Waals surface area contributed by atoms with Gasteiger partial charge in [-0.1, -0.05) is 42.5 Å². The number of carbonyl (C=O) groups is 2. The minimum Gasteiger partial charge on any atom is -0.618 e. The molecule has 0 aliphatic carbocycles. The molecule has 0 aliphatic rings. The molecule has 1 heterocycles. The van der Waals surface area contributed by atoms with Crippen molar-refractivity contribution in [1.29, 1.82) is 0 Å². The zero-order chi connectivity index (χ0) is 18.5. The van der Waals surface area contributed by atoms with Crippen LogP contribution in [0.3, 0.4) is 0 Å². The zero-order valence-electron chi connectivity index (χ0n) is 14.0. The molecule has 0 saturated heterocycles. The first kappa shape index (κ1) is 17.5. The summed E-state index contributed by atoms with van der Waals surface area (Å²) in [6.45, 7) is -0.532. The molecule has 2 aromatic carbocycles. The van der Waals surface area contributed by atoms with Crippen LogP contribution in [0, 0.1) is 5.21 Å². The summed E-state index contributed by atoms with van der Waals surface area (Å²) in [7, 11) is 1.37. The highest BCUT2D eigenvalue weighted by Crippen LogP contribution is 2.16. The maximum atomic E-state index is 12.9. The molecule has 0 spiro atoms. The first-order valence-corrected chi connectivity index (χ1v) is 7.87. The van der Waals surface area contributed by atoms with Crippen molar-refractivity contribution < 1.29 is 23.8 Å². The summed E-state index contributed by atoms with van der Waals surface area (Å²) in [6, 6.07) is 15.1. The van der Waals surface area contributed by atoms with Crippen LogP contribution in [-0.4, -0.2) is 30.5 Å². The highest BCUT2D eigenvalue weighted by molar-refractivity contribution is 6.07. The van der Waals surface area contributed by atoms with E-state index in [-0.39, 0.29) is 30.1 Å². The Hall–Kier alpha value is -3.32. The number of hydrogen-bond donors (Lipinski definition) is 0. The summed E-state index contributed by atoms with van der Waals surface area (Å²) >= 11 is 0. The van der Waals surface area contributed by atoms with Crippen LogP contribution >= 0.6 is 0 Å². The van der Waals surface area contributed by atoms with Crippen LogP contribution in [0.2, 0.25) is 0 Å². The van der Waals surface area contributed by atoms with E-state index in [1.165, 1.54) is 7.11 Å². The Kier molecular flexibility index (Phi) is 5.19. The number of aromatic nitrogens is 2. The molecule has 0 radical (unpaired) electrons. The van der Waals surface area contributed by atoms with Gasteiger partial charge in [0, 0.05) is 18.7 Å². The number of ketones is 1. The SMILES string of the molecule is COCC(=O)OCc1nc2ccccc2[n+]([O-])c1C(=O)c1ccccc1. The third-order valence-corrected chi connectivity index (χ3v) is 3.72. The van der Waals surface area contributed by atoms with E-state index in [1.54, 1.807) is 54.6 Å². The Morgan fingerprint density at radius 3 is 2.50 bits per heavy atom. The summed E-state index contributed by atoms with van der Waals surface area (Å²) in [5.74, 6) is -1.10. The smallest absolute Gasteiger partial charge is 0.332 e. The van der Waals surface area contributed by atoms with Gasteiger partial charge in [-0.3, -0.25) is 4.79 Å². The van der Waals surface area contributed by atoms with Crippen molar-refractivity contribution in [2.24, 2.45) is 0 Å². The van der Waals surface area contributed by atoms with Gasteiger partial charge in [0.05, 0.1) is 0 Å². The van der Waals surface area contributed by atoms with Gasteiger partial charge in [-0.15, -0.1) is 0 Å². The van der Waals surface area contributed by atoms with Crippen LogP contribution in [0.4, 0.5) is 0 Å². The molecule has 3 aromatic rings. The first-order valence-electron chi connectivity index (χ1n) is 7.87. The van der Waals surface area contributed by atoms with Gasteiger partial charge in [0.1, 0.15) is 18.7 Å². The molecule has 7 nitrogen and oxygen atoms in total. The summed E-state index contributed by atoms with van der Waals surface area (Å²) in [4.78, 5) is 28.8. The topological polar surface area (TPSA) is 92.4 Å². The largest absolute Gasteiger partial charge is 0.618 e. The van der Waals surface area contributed by atoms with Crippen molar-refractivity contribution in [2.45, 2.75) is 6.61 Å². The van der Waals surface area contributed by atoms with Gasteiger partial charge in [0.25, 0.3) is 11.5 Å². The zero-order valence-corrected chi connectivity index (χ0v) is 14.0. The van der Waals surface area contributed by atoms with E-state index in [1.807, 2.05) is 0 Å². The molecule has 0 unspecified atom stereocenters. The average Bonchev–Trinajstić information content (AvgIpc) is 2.67. The van der Waals surface area contributed by atoms with Gasteiger partial charge in [-0.2, -0.15) is 4.73 Å². The van der Waals surface area contributed by atoms with Crippen LogP contribution in [0.25, 0.3) is 11.0 Å². The molecular weight excluding hydrogens is 336 g/mol. The second kappa shape index (κ2) is 7.71. The number of rotatable bonds is 6. The summed E-state index contributed by atoms with van der Waals surface area (Å²) < 4.78 is 10.3. The van der Waals surface area contributed by atoms with Crippen molar-refractivity contribution in [3.8, 4) is 0 Å². The standard InChI is InChI=1S/C19H16N2O5/c1-25-12-17(22)26-11-15-18(19(23)13-7-3-2-4-8-13)21(24)16-10-6-5-9-14(16)20-15/h2-10H,11-12H2,1H3. The van der Waals surface area contributed by atoms with E-state index < -0.39 is 11.8 Å². The van der Waals surface area contributed by atoms with Crippen LogP contribution in [0.1, 0.15) is 21.7 Å². The van der Waals surface area contributed by atoms with Crippen molar-refractivity contribution in [3.63, 3.8) is 0 Å². The van der Waals surface area contributed by atoms with E-state index in [2.05, 4.69) is 4.98 Å². The minimum absolute atomic E-state index is 0.0945. The van der Waals surface area contributed by atoms with Crippen molar-refractivity contribution in [2.75, 3.05) is 13.7 Å². The third-order valence-electron chi connectivity index (χ3n) is 3.72. The van der Waals surface area contributed by atoms with Crippen molar-refractivity contribution in [3.05, 3.63) is 76.8 Å². The van der Waals surface area contributed by atoms with Gasteiger partial charge >= 0.3 is 5.97 Å². The number of carbonyl (C=O) groups excluding carboxylic acids is 2. The van der Waals surface area contributed by atoms with E-state index in [9.17, 15) is 14.8 Å². The van der Waals surface area contributed by atoms with Crippen LogP contribution in [-0.2, 0) is 20.9 Å². The predicted molar refractivity (Wildman–Crippen MR) is 92.2 cm³/mol. The lowest BCUT2D eigenvalue weighted by molar-refractivity contribution is -0.580. The van der Waals surface area contributed by atoms with E-state index in [4.69, 9.17) is 9.47 Å². The van der Waals surface area contributed by atoms with Gasteiger partial charge in [-0.05, 0) is 6.07 Å². The molecule has 132 valence electrons. The normalized spacial score (nSPS) is 10.7. The first-order chi connectivity index (χ1) is 12.6. The Morgan fingerprint density at radius 1 is 1.08 bits per heavy atom. The molecule has 0 fully saturated rings.